The van der Waals surface area contributed by atoms with Crippen LogP contribution in [0.2, 0.25) is 0 Å². The molecule has 112 valence electrons. The van der Waals surface area contributed by atoms with Gasteiger partial charge in [-0.05, 0) is 48.7 Å². The van der Waals surface area contributed by atoms with Crippen LogP contribution in [0, 0.1) is 13.8 Å². The predicted molar refractivity (Wildman–Crippen MR) is 79.9 cm³/mol. The van der Waals surface area contributed by atoms with Crippen LogP contribution in [0.3, 0.4) is 0 Å². The molecule has 0 amide bonds. The first-order valence-corrected chi connectivity index (χ1v) is 7.99. The van der Waals surface area contributed by atoms with E-state index >= 15 is 0 Å². The summed E-state index contributed by atoms with van der Waals surface area (Å²) < 4.78 is 27.4. The van der Waals surface area contributed by atoms with Crippen LogP contribution in [0.5, 0.6) is 0 Å². The van der Waals surface area contributed by atoms with Crippen LogP contribution in [0.4, 0.5) is 0 Å². The van der Waals surface area contributed by atoms with Gasteiger partial charge in [0.05, 0.1) is 17.1 Å². The van der Waals surface area contributed by atoms with Gasteiger partial charge in [0, 0.05) is 12.7 Å². The van der Waals surface area contributed by atoms with Gasteiger partial charge in [0.1, 0.15) is 0 Å². The second kappa shape index (κ2) is 6.30. The maximum atomic E-state index is 12.4. The number of nitrogens with zero attached hydrogens (tertiary/aromatic N) is 2. The van der Waals surface area contributed by atoms with Crippen molar-refractivity contribution < 1.29 is 8.42 Å². The topological polar surface area (TPSA) is 98.0 Å². The van der Waals surface area contributed by atoms with Gasteiger partial charge in [-0.2, -0.15) is 10.2 Å². The summed E-state index contributed by atoms with van der Waals surface area (Å²) in [6.45, 7) is 4.05. The molecule has 0 aliphatic heterocycles. The highest BCUT2D eigenvalue weighted by molar-refractivity contribution is 7.89. The first-order valence-electron chi connectivity index (χ1n) is 6.50. The maximum absolute atomic E-state index is 12.4. The zero-order valence-corrected chi connectivity index (χ0v) is 12.8. The predicted octanol–water partition coefficient (Wildman–Crippen LogP) is 1.03. The zero-order valence-electron chi connectivity index (χ0n) is 12.0. The fourth-order valence-corrected chi connectivity index (χ4v) is 3.33. The normalized spacial score (nSPS) is 11.6. The second-order valence-corrected chi connectivity index (χ2v) is 6.51. The number of aryl methyl sites for hydroxylation is 1. The van der Waals surface area contributed by atoms with Crippen molar-refractivity contribution in [3.8, 4) is 0 Å². The Bertz CT molecular complexity index is 730. The van der Waals surface area contributed by atoms with Gasteiger partial charge >= 0.3 is 0 Å². The lowest BCUT2D eigenvalue weighted by Gasteiger charge is -2.13. The molecule has 0 saturated heterocycles. The van der Waals surface area contributed by atoms with E-state index in [1.54, 1.807) is 25.1 Å². The highest BCUT2D eigenvalue weighted by Gasteiger charge is 2.18. The minimum atomic E-state index is -3.62. The minimum Gasteiger partial charge on any atom is -0.326 e. The molecule has 0 bridgehead atoms. The summed E-state index contributed by atoms with van der Waals surface area (Å²) in [7, 11) is -3.62. The molecule has 0 spiro atoms. The molecule has 0 atom stereocenters. The summed E-state index contributed by atoms with van der Waals surface area (Å²) in [6.07, 6.45) is 1.54. The molecule has 2 rings (SSSR count). The Morgan fingerprint density at radius 3 is 2.67 bits per heavy atom. The van der Waals surface area contributed by atoms with Crippen LogP contribution < -0.4 is 10.5 Å². The van der Waals surface area contributed by atoms with Gasteiger partial charge in [-0.3, -0.25) is 0 Å². The summed E-state index contributed by atoms with van der Waals surface area (Å²) in [4.78, 5) is 0.256. The first kappa shape index (κ1) is 15.6. The lowest BCUT2D eigenvalue weighted by Crippen LogP contribution is -2.25. The summed E-state index contributed by atoms with van der Waals surface area (Å²) in [5.41, 5.74) is 8.58. The average Bonchev–Trinajstić information content (AvgIpc) is 2.48. The van der Waals surface area contributed by atoms with Gasteiger partial charge in [0.25, 0.3) is 0 Å². The molecule has 0 fully saturated rings. The SMILES string of the molecule is Cc1cc(CN)cc(S(=O)(=O)NCc2cccnn2)c1C. The zero-order chi connectivity index (χ0) is 15.5. The Morgan fingerprint density at radius 2 is 2.05 bits per heavy atom. The number of rotatable bonds is 5. The molecular weight excluding hydrogens is 288 g/mol. The third-order valence-corrected chi connectivity index (χ3v) is 4.80. The molecule has 3 N–H and O–H groups in total. The Labute approximate surface area is 124 Å². The molecule has 21 heavy (non-hydrogen) atoms. The molecule has 0 unspecified atom stereocenters. The quantitative estimate of drug-likeness (QED) is 0.860. The number of hydrogen-bond donors (Lipinski definition) is 2. The Hall–Kier alpha value is -1.83. The smallest absolute Gasteiger partial charge is 0.241 e. The number of benzene rings is 1. The summed E-state index contributed by atoms with van der Waals surface area (Å²) in [5, 5.41) is 7.57. The van der Waals surface area contributed by atoms with E-state index in [-0.39, 0.29) is 11.4 Å². The molecule has 7 heteroatoms. The minimum absolute atomic E-state index is 0.0987. The standard InChI is InChI=1S/C14H18N4O2S/c1-10-6-12(8-15)7-14(11(10)2)21(19,20)17-9-13-4-3-5-16-18-13/h3-7,17H,8-9,15H2,1-2H3. The lowest BCUT2D eigenvalue weighted by molar-refractivity contribution is 0.579. The molecule has 0 saturated carbocycles. The van der Waals surface area contributed by atoms with E-state index in [0.717, 1.165) is 16.7 Å². The van der Waals surface area contributed by atoms with Crippen molar-refractivity contribution in [2.24, 2.45) is 5.73 Å². The number of sulfonamides is 1. The molecule has 1 aromatic heterocycles. The van der Waals surface area contributed by atoms with E-state index < -0.39 is 10.0 Å². The van der Waals surface area contributed by atoms with Gasteiger partial charge < -0.3 is 5.73 Å². The van der Waals surface area contributed by atoms with Crippen molar-refractivity contribution in [2.75, 3.05) is 0 Å². The second-order valence-electron chi connectivity index (χ2n) is 4.78. The van der Waals surface area contributed by atoms with E-state index in [9.17, 15) is 8.42 Å². The molecule has 2 aromatic rings. The molecular formula is C14H18N4O2S. The number of nitrogens with one attached hydrogen (secondary N) is 1. The largest absolute Gasteiger partial charge is 0.326 e. The van der Waals surface area contributed by atoms with Gasteiger partial charge in [-0.1, -0.05) is 6.07 Å². The summed E-state index contributed by atoms with van der Waals surface area (Å²) in [6, 6.07) is 6.93. The van der Waals surface area contributed by atoms with E-state index in [2.05, 4.69) is 14.9 Å². The van der Waals surface area contributed by atoms with Gasteiger partial charge in [-0.15, -0.1) is 0 Å². The van der Waals surface area contributed by atoms with E-state index in [0.29, 0.717) is 12.2 Å². The van der Waals surface area contributed by atoms with Crippen molar-refractivity contribution in [3.05, 3.63) is 52.8 Å². The number of hydrogen-bond acceptors (Lipinski definition) is 5. The van der Waals surface area contributed by atoms with Gasteiger partial charge in [0.15, 0.2) is 0 Å². The van der Waals surface area contributed by atoms with Crippen LogP contribution in [-0.4, -0.2) is 18.6 Å². The monoisotopic (exact) mass is 306 g/mol. The van der Waals surface area contributed by atoms with Crippen LogP contribution in [-0.2, 0) is 23.1 Å². The molecule has 0 radical (unpaired) electrons. The highest BCUT2D eigenvalue weighted by atomic mass is 32.2. The van der Waals surface area contributed by atoms with Crippen LogP contribution >= 0.6 is 0 Å². The van der Waals surface area contributed by atoms with Crippen molar-refractivity contribution in [1.29, 1.82) is 0 Å². The average molecular weight is 306 g/mol. The van der Waals surface area contributed by atoms with Crippen molar-refractivity contribution in [2.45, 2.75) is 31.8 Å². The maximum Gasteiger partial charge on any atom is 0.241 e. The molecule has 6 nitrogen and oxygen atoms in total. The van der Waals surface area contributed by atoms with Crippen molar-refractivity contribution >= 4 is 10.0 Å². The molecule has 1 heterocycles. The third-order valence-electron chi connectivity index (χ3n) is 3.28. The molecule has 0 aliphatic rings. The Balaban J connectivity index is 2.29. The van der Waals surface area contributed by atoms with E-state index in [1.807, 2.05) is 13.0 Å². The van der Waals surface area contributed by atoms with Crippen LogP contribution in [0.1, 0.15) is 22.4 Å². The van der Waals surface area contributed by atoms with E-state index in [4.69, 9.17) is 5.73 Å². The number of aromatic nitrogens is 2. The fraction of sp³-hybridized carbons (Fsp3) is 0.286. The number of nitrogens with two attached hydrogens (primary N) is 1. The first-order chi connectivity index (χ1) is 9.94. The fourth-order valence-electron chi connectivity index (χ4n) is 1.97. The Kier molecular flexibility index (Phi) is 4.66. The molecule has 1 aromatic carbocycles. The van der Waals surface area contributed by atoms with Crippen molar-refractivity contribution in [1.82, 2.24) is 14.9 Å². The Morgan fingerprint density at radius 1 is 1.29 bits per heavy atom. The third kappa shape index (κ3) is 3.63. The molecule has 0 aliphatic carbocycles. The lowest BCUT2D eigenvalue weighted by atomic mass is 10.1. The van der Waals surface area contributed by atoms with Crippen molar-refractivity contribution in [3.63, 3.8) is 0 Å². The summed E-state index contributed by atoms with van der Waals surface area (Å²) >= 11 is 0. The highest BCUT2D eigenvalue weighted by Crippen LogP contribution is 2.21. The van der Waals surface area contributed by atoms with Crippen LogP contribution in [0.25, 0.3) is 0 Å². The van der Waals surface area contributed by atoms with E-state index in [1.165, 1.54) is 6.20 Å². The van der Waals surface area contributed by atoms with Crippen LogP contribution in [0.15, 0.2) is 35.4 Å². The summed E-state index contributed by atoms with van der Waals surface area (Å²) in [5.74, 6) is 0. The van der Waals surface area contributed by atoms with Gasteiger partial charge in [0.2, 0.25) is 10.0 Å². The van der Waals surface area contributed by atoms with Gasteiger partial charge in [-0.25, -0.2) is 13.1 Å².